The van der Waals surface area contributed by atoms with E-state index >= 15 is 0 Å². The van der Waals surface area contributed by atoms with E-state index in [1.165, 1.54) is 0 Å². The van der Waals surface area contributed by atoms with Crippen molar-refractivity contribution in [2.45, 2.75) is 31.8 Å². The predicted molar refractivity (Wildman–Crippen MR) is 50.7 cm³/mol. The predicted octanol–water partition coefficient (Wildman–Crippen LogP) is -0.321. The van der Waals surface area contributed by atoms with Gasteiger partial charge in [0.15, 0.2) is 0 Å². The number of urea groups is 1. The van der Waals surface area contributed by atoms with Gasteiger partial charge in [-0.15, -0.1) is 0 Å². The minimum atomic E-state index is -0.651. The highest BCUT2D eigenvalue weighted by molar-refractivity contribution is 6.07. The molecule has 0 aromatic rings. The number of rotatable bonds is 1. The molecule has 0 aromatic heterocycles. The largest absolute Gasteiger partial charge is 0.322 e. The summed E-state index contributed by atoms with van der Waals surface area (Å²) in [5, 5.41) is 5.02. The van der Waals surface area contributed by atoms with Crippen LogP contribution in [0.2, 0.25) is 0 Å². The van der Waals surface area contributed by atoms with E-state index in [1.807, 2.05) is 0 Å². The average Bonchev–Trinajstić information content (AvgIpc) is 2.59. The summed E-state index contributed by atoms with van der Waals surface area (Å²) in [6.07, 6.45) is 0.711. The summed E-state index contributed by atoms with van der Waals surface area (Å²) in [4.78, 5) is 24.8. The zero-order valence-corrected chi connectivity index (χ0v) is 8.46. The maximum atomic E-state index is 11.6. The van der Waals surface area contributed by atoms with Gasteiger partial charge in [-0.1, -0.05) is 0 Å². The van der Waals surface area contributed by atoms with Crippen molar-refractivity contribution < 1.29 is 9.59 Å². The smallest absolute Gasteiger partial charge is 0.322 e. The molecule has 0 aromatic carbocycles. The van der Waals surface area contributed by atoms with Crippen LogP contribution in [0.3, 0.4) is 0 Å². The molecule has 0 aliphatic carbocycles. The van der Waals surface area contributed by atoms with Crippen LogP contribution in [-0.2, 0) is 4.79 Å². The van der Waals surface area contributed by atoms with Gasteiger partial charge in [0.05, 0.1) is 0 Å². The number of nitrogens with zero attached hydrogens (tertiary/aromatic N) is 1. The fourth-order valence-corrected chi connectivity index (χ4v) is 2.10. The molecule has 0 radical (unpaired) electrons. The quantitative estimate of drug-likeness (QED) is 0.566. The van der Waals surface area contributed by atoms with E-state index < -0.39 is 5.54 Å². The van der Waals surface area contributed by atoms with Gasteiger partial charge >= 0.3 is 6.03 Å². The molecule has 5 heteroatoms. The molecule has 1 spiro atoms. The molecule has 5 nitrogen and oxygen atoms in total. The molecule has 2 N–H and O–H groups in total. The molecular weight excluding hydrogens is 182 g/mol. The first kappa shape index (κ1) is 9.45. The van der Waals surface area contributed by atoms with Crippen LogP contribution in [-0.4, -0.2) is 41.5 Å². The van der Waals surface area contributed by atoms with Crippen LogP contribution in [0.5, 0.6) is 0 Å². The molecule has 0 bridgehead atoms. The molecule has 2 aliphatic heterocycles. The Morgan fingerprint density at radius 2 is 2.14 bits per heavy atom. The highest BCUT2D eigenvalue weighted by atomic mass is 16.2. The highest BCUT2D eigenvalue weighted by Crippen LogP contribution is 2.25. The summed E-state index contributed by atoms with van der Waals surface area (Å²) in [6.45, 7) is 5.68. The van der Waals surface area contributed by atoms with Crippen LogP contribution in [0.4, 0.5) is 4.79 Å². The van der Waals surface area contributed by atoms with Crippen molar-refractivity contribution in [2.24, 2.45) is 0 Å². The summed E-state index contributed by atoms with van der Waals surface area (Å²) in [6, 6.07) is 0.0558. The maximum Gasteiger partial charge on any atom is 0.322 e. The SMILES string of the molecule is CC(C)N1CCC2(C1)NC(=O)NC2=O. The summed E-state index contributed by atoms with van der Waals surface area (Å²) in [5.74, 6) is -0.175. The van der Waals surface area contributed by atoms with Crippen LogP contribution in [0.15, 0.2) is 0 Å². The first-order chi connectivity index (χ1) is 6.53. The molecular formula is C9H15N3O2. The minimum absolute atomic E-state index is 0.175. The maximum absolute atomic E-state index is 11.6. The topological polar surface area (TPSA) is 61.4 Å². The fourth-order valence-electron chi connectivity index (χ4n) is 2.10. The van der Waals surface area contributed by atoms with E-state index in [4.69, 9.17) is 0 Å². The van der Waals surface area contributed by atoms with Crippen LogP contribution in [0.25, 0.3) is 0 Å². The fraction of sp³-hybridized carbons (Fsp3) is 0.778. The lowest BCUT2D eigenvalue weighted by atomic mass is 9.99. The lowest BCUT2D eigenvalue weighted by molar-refractivity contribution is -0.123. The van der Waals surface area contributed by atoms with Crippen molar-refractivity contribution in [3.05, 3.63) is 0 Å². The Morgan fingerprint density at radius 1 is 1.43 bits per heavy atom. The summed E-state index contributed by atoms with van der Waals surface area (Å²) in [5.41, 5.74) is -0.651. The van der Waals surface area contributed by atoms with Gasteiger partial charge in [-0.25, -0.2) is 4.79 Å². The van der Waals surface area contributed by atoms with Crippen LogP contribution in [0.1, 0.15) is 20.3 Å². The Morgan fingerprint density at radius 3 is 2.57 bits per heavy atom. The number of hydrogen-bond donors (Lipinski definition) is 2. The van der Waals surface area contributed by atoms with E-state index in [9.17, 15) is 9.59 Å². The second-order valence-electron chi connectivity index (χ2n) is 4.30. The van der Waals surface area contributed by atoms with Crippen LogP contribution < -0.4 is 10.6 Å². The molecule has 2 heterocycles. The van der Waals surface area contributed by atoms with E-state index in [1.54, 1.807) is 0 Å². The van der Waals surface area contributed by atoms with Gasteiger partial charge in [-0.05, 0) is 20.3 Å². The normalized spacial score (nSPS) is 32.8. The van der Waals surface area contributed by atoms with Crippen molar-refractivity contribution in [3.8, 4) is 0 Å². The van der Waals surface area contributed by atoms with E-state index in [0.29, 0.717) is 19.0 Å². The first-order valence-electron chi connectivity index (χ1n) is 4.91. The third-order valence-electron chi connectivity index (χ3n) is 3.04. The van der Waals surface area contributed by atoms with Gasteiger partial charge in [0, 0.05) is 19.1 Å². The zero-order chi connectivity index (χ0) is 10.3. The highest BCUT2D eigenvalue weighted by Gasteiger charge is 2.50. The monoisotopic (exact) mass is 197 g/mol. The second-order valence-corrected chi connectivity index (χ2v) is 4.30. The number of carbonyl (C=O) groups excluding carboxylic acids is 2. The zero-order valence-electron chi connectivity index (χ0n) is 8.46. The minimum Gasteiger partial charge on any atom is -0.322 e. The number of imide groups is 1. The number of carbonyl (C=O) groups is 2. The molecule has 0 saturated carbocycles. The lowest BCUT2D eigenvalue weighted by Gasteiger charge is -2.23. The van der Waals surface area contributed by atoms with Gasteiger partial charge in [0.1, 0.15) is 5.54 Å². The Hall–Kier alpha value is -1.10. The molecule has 1 atom stereocenters. The average molecular weight is 197 g/mol. The van der Waals surface area contributed by atoms with Crippen molar-refractivity contribution in [2.75, 3.05) is 13.1 Å². The molecule has 14 heavy (non-hydrogen) atoms. The van der Waals surface area contributed by atoms with Gasteiger partial charge in [0.25, 0.3) is 5.91 Å². The van der Waals surface area contributed by atoms with Gasteiger partial charge < -0.3 is 5.32 Å². The number of likely N-dealkylation sites (tertiary alicyclic amines) is 1. The first-order valence-corrected chi connectivity index (χ1v) is 4.91. The summed E-state index contributed by atoms with van der Waals surface area (Å²) in [7, 11) is 0. The number of amides is 3. The van der Waals surface area contributed by atoms with Crippen molar-refractivity contribution in [3.63, 3.8) is 0 Å². The summed E-state index contributed by atoms with van der Waals surface area (Å²) >= 11 is 0. The van der Waals surface area contributed by atoms with E-state index in [-0.39, 0.29) is 11.9 Å². The Kier molecular flexibility index (Phi) is 1.99. The third-order valence-corrected chi connectivity index (χ3v) is 3.04. The standard InChI is InChI=1S/C9H15N3O2/c1-6(2)12-4-3-9(5-12)7(13)10-8(14)11-9/h6H,3-5H2,1-2H3,(H2,10,11,13,14). The number of nitrogens with one attached hydrogen (secondary N) is 2. The number of hydrogen-bond acceptors (Lipinski definition) is 3. The molecule has 2 saturated heterocycles. The van der Waals surface area contributed by atoms with Crippen LogP contribution in [0, 0.1) is 0 Å². The van der Waals surface area contributed by atoms with Gasteiger partial charge in [-0.2, -0.15) is 0 Å². The van der Waals surface area contributed by atoms with Crippen LogP contribution >= 0.6 is 0 Å². The van der Waals surface area contributed by atoms with Crippen molar-refractivity contribution in [1.29, 1.82) is 0 Å². The van der Waals surface area contributed by atoms with Gasteiger partial charge in [-0.3, -0.25) is 15.0 Å². The summed E-state index contributed by atoms with van der Waals surface area (Å²) < 4.78 is 0. The van der Waals surface area contributed by atoms with E-state index in [2.05, 4.69) is 29.4 Å². The second kappa shape index (κ2) is 2.95. The molecule has 2 rings (SSSR count). The Balaban J connectivity index is 2.13. The molecule has 2 fully saturated rings. The Labute approximate surface area is 82.8 Å². The molecule has 3 amide bonds. The lowest BCUT2D eigenvalue weighted by Crippen LogP contribution is -2.49. The van der Waals surface area contributed by atoms with Crippen molar-refractivity contribution in [1.82, 2.24) is 15.5 Å². The molecule has 1 unspecified atom stereocenters. The molecule has 2 aliphatic rings. The van der Waals surface area contributed by atoms with E-state index in [0.717, 1.165) is 6.54 Å². The third kappa shape index (κ3) is 1.28. The Bertz CT molecular complexity index is 290. The van der Waals surface area contributed by atoms with Crippen molar-refractivity contribution >= 4 is 11.9 Å². The van der Waals surface area contributed by atoms with Gasteiger partial charge in [0.2, 0.25) is 0 Å². The molecule has 78 valence electrons.